The number of hydrogen-bond donors (Lipinski definition) is 2. The molecule has 0 saturated carbocycles. The van der Waals surface area contributed by atoms with E-state index >= 15 is 0 Å². The lowest BCUT2D eigenvalue weighted by Crippen LogP contribution is -2.40. The van der Waals surface area contributed by atoms with Gasteiger partial charge in [-0.25, -0.2) is 4.79 Å². The lowest BCUT2D eigenvalue weighted by molar-refractivity contribution is 0.195. The molecule has 1 aromatic carbocycles. The Morgan fingerprint density at radius 3 is 2.50 bits per heavy atom. The van der Waals surface area contributed by atoms with Crippen LogP contribution in [0.3, 0.4) is 0 Å². The summed E-state index contributed by atoms with van der Waals surface area (Å²) in [6, 6.07) is 16.6. The Bertz CT molecular complexity index is 1040. The van der Waals surface area contributed by atoms with Crippen molar-refractivity contribution >= 4 is 39.6 Å². The minimum atomic E-state index is -0.0534. The monoisotopic (exact) mass is 409 g/mol. The summed E-state index contributed by atoms with van der Waals surface area (Å²) in [6.07, 6.45) is 2.07. The molecule has 6 heteroatoms. The highest BCUT2D eigenvalue weighted by molar-refractivity contribution is 7.10. The molecule has 0 aliphatic heterocycles. The molecule has 0 saturated heterocycles. The van der Waals surface area contributed by atoms with Crippen LogP contribution >= 0.6 is 22.7 Å². The van der Waals surface area contributed by atoms with Crippen molar-refractivity contribution in [3.05, 3.63) is 80.8 Å². The first kappa shape index (κ1) is 18.8. The van der Waals surface area contributed by atoms with E-state index in [0.29, 0.717) is 6.54 Å². The second-order valence-electron chi connectivity index (χ2n) is 6.85. The predicted octanol–water partition coefficient (Wildman–Crippen LogP) is 5.83. The van der Waals surface area contributed by atoms with Crippen LogP contribution in [0.5, 0.6) is 0 Å². The quantitative estimate of drug-likeness (QED) is 0.414. The third-order valence-electron chi connectivity index (χ3n) is 5.20. The van der Waals surface area contributed by atoms with Crippen molar-refractivity contribution in [2.75, 3.05) is 13.6 Å². The molecule has 144 valence electrons. The number of benzene rings is 1. The van der Waals surface area contributed by atoms with Gasteiger partial charge in [0.25, 0.3) is 0 Å². The Hall–Kier alpha value is -2.57. The standard InChI is InChI=1S/C22H23N3OS2/c1-15(20-9-5-11-27-20)25(2)22(26)24-14-18(21-10-6-12-28-21)17-13-23-19-8-4-3-7-16(17)19/h3-13,15,18,23H,14H2,1-2H3,(H,24,26). The zero-order valence-corrected chi connectivity index (χ0v) is 17.5. The maximum Gasteiger partial charge on any atom is 0.317 e. The van der Waals surface area contributed by atoms with Gasteiger partial charge in [0.2, 0.25) is 0 Å². The van der Waals surface area contributed by atoms with E-state index in [1.807, 2.05) is 24.6 Å². The number of amides is 2. The lowest BCUT2D eigenvalue weighted by atomic mass is 9.97. The van der Waals surface area contributed by atoms with E-state index in [4.69, 9.17) is 0 Å². The minimum absolute atomic E-state index is 0.0493. The van der Waals surface area contributed by atoms with Gasteiger partial charge < -0.3 is 15.2 Å². The first-order chi connectivity index (χ1) is 13.6. The van der Waals surface area contributed by atoms with Gasteiger partial charge >= 0.3 is 6.03 Å². The smallest absolute Gasteiger partial charge is 0.317 e. The zero-order chi connectivity index (χ0) is 19.5. The highest BCUT2D eigenvalue weighted by Crippen LogP contribution is 2.33. The van der Waals surface area contributed by atoms with Crippen molar-refractivity contribution in [3.63, 3.8) is 0 Å². The van der Waals surface area contributed by atoms with Gasteiger partial charge in [0.05, 0.1) is 6.04 Å². The molecule has 28 heavy (non-hydrogen) atoms. The number of para-hydroxylation sites is 1. The summed E-state index contributed by atoms with van der Waals surface area (Å²) in [5, 5.41) is 8.49. The van der Waals surface area contributed by atoms with Gasteiger partial charge in [0.15, 0.2) is 0 Å². The minimum Gasteiger partial charge on any atom is -0.361 e. The number of fused-ring (bicyclic) bond motifs is 1. The van der Waals surface area contributed by atoms with E-state index in [1.165, 1.54) is 20.7 Å². The average Bonchev–Trinajstić information content (AvgIpc) is 3.48. The third-order valence-corrected chi connectivity index (χ3v) is 7.23. The Kier molecular flexibility index (Phi) is 5.50. The molecule has 0 spiro atoms. The van der Waals surface area contributed by atoms with E-state index < -0.39 is 0 Å². The van der Waals surface area contributed by atoms with E-state index in [0.717, 1.165) is 5.52 Å². The third kappa shape index (κ3) is 3.70. The molecule has 0 fully saturated rings. The fourth-order valence-electron chi connectivity index (χ4n) is 3.45. The molecule has 2 unspecified atom stereocenters. The van der Waals surface area contributed by atoms with Crippen molar-refractivity contribution in [1.29, 1.82) is 0 Å². The number of aromatic nitrogens is 1. The first-order valence-electron chi connectivity index (χ1n) is 9.28. The molecule has 4 nitrogen and oxygen atoms in total. The van der Waals surface area contributed by atoms with Crippen LogP contribution in [-0.4, -0.2) is 29.5 Å². The van der Waals surface area contributed by atoms with Crippen molar-refractivity contribution in [2.24, 2.45) is 0 Å². The van der Waals surface area contributed by atoms with Gasteiger partial charge in [0, 0.05) is 46.4 Å². The topological polar surface area (TPSA) is 48.1 Å². The number of nitrogens with zero attached hydrogens (tertiary/aromatic N) is 1. The maximum atomic E-state index is 12.8. The number of carbonyl (C=O) groups is 1. The molecule has 4 rings (SSSR count). The Morgan fingerprint density at radius 1 is 1.07 bits per heavy atom. The van der Waals surface area contributed by atoms with E-state index in [2.05, 4.69) is 65.2 Å². The fraction of sp³-hybridized carbons (Fsp3) is 0.227. The van der Waals surface area contributed by atoms with Crippen LogP contribution < -0.4 is 5.32 Å². The van der Waals surface area contributed by atoms with Gasteiger partial charge in [-0.05, 0) is 41.4 Å². The van der Waals surface area contributed by atoms with Gasteiger partial charge in [-0.1, -0.05) is 30.3 Å². The van der Waals surface area contributed by atoms with Crippen LogP contribution in [0.1, 0.15) is 34.2 Å². The summed E-state index contributed by atoms with van der Waals surface area (Å²) in [5.41, 5.74) is 2.33. The van der Waals surface area contributed by atoms with Crippen LogP contribution in [-0.2, 0) is 0 Å². The second kappa shape index (κ2) is 8.20. The van der Waals surface area contributed by atoms with Crippen LogP contribution in [0.4, 0.5) is 4.79 Å². The number of carbonyl (C=O) groups excluding carboxylic acids is 1. The van der Waals surface area contributed by atoms with Gasteiger partial charge in [-0.15, -0.1) is 22.7 Å². The zero-order valence-electron chi connectivity index (χ0n) is 15.9. The summed E-state index contributed by atoms with van der Waals surface area (Å²) >= 11 is 3.40. The normalized spacial score (nSPS) is 13.4. The molecule has 2 amide bonds. The molecule has 3 aromatic heterocycles. The number of H-pyrrole nitrogens is 1. The Labute approximate surface area is 172 Å². The maximum absolute atomic E-state index is 12.8. The van der Waals surface area contributed by atoms with Crippen molar-refractivity contribution < 1.29 is 4.79 Å². The van der Waals surface area contributed by atoms with Crippen LogP contribution in [0.25, 0.3) is 10.9 Å². The van der Waals surface area contributed by atoms with Crippen molar-refractivity contribution in [2.45, 2.75) is 18.9 Å². The number of hydrogen-bond acceptors (Lipinski definition) is 3. The average molecular weight is 410 g/mol. The van der Waals surface area contributed by atoms with Gasteiger partial charge in [0.1, 0.15) is 0 Å². The number of aromatic amines is 1. The summed E-state index contributed by atoms with van der Waals surface area (Å²) in [4.78, 5) is 20.4. The summed E-state index contributed by atoms with van der Waals surface area (Å²) in [7, 11) is 1.85. The SMILES string of the molecule is CC(c1cccs1)N(C)C(=O)NCC(c1cccs1)c1c[nH]c2ccccc12. The first-order valence-corrected chi connectivity index (χ1v) is 11.0. The molecule has 2 N–H and O–H groups in total. The van der Waals surface area contributed by atoms with Gasteiger partial charge in [-0.3, -0.25) is 0 Å². The predicted molar refractivity (Wildman–Crippen MR) is 118 cm³/mol. The summed E-state index contributed by atoms with van der Waals surface area (Å²) < 4.78 is 0. The van der Waals surface area contributed by atoms with Crippen LogP contribution in [0.2, 0.25) is 0 Å². The molecule has 0 radical (unpaired) electrons. The molecule has 0 aliphatic rings. The van der Waals surface area contributed by atoms with E-state index in [1.54, 1.807) is 27.6 Å². The molecule has 3 heterocycles. The molecule has 0 aliphatic carbocycles. The highest BCUT2D eigenvalue weighted by atomic mass is 32.1. The summed E-state index contributed by atoms with van der Waals surface area (Å²) in [6.45, 7) is 2.62. The van der Waals surface area contributed by atoms with Crippen molar-refractivity contribution in [3.8, 4) is 0 Å². The van der Waals surface area contributed by atoms with Gasteiger partial charge in [-0.2, -0.15) is 0 Å². The molecule has 0 bridgehead atoms. The lowest BCUT2D eigenvalue weighted by Gasteiger charge is -2.26. The van der Waals surface area contributed by atoms with E-state index in [-0.39, 0.29) is 18.0 Å². The molecular weight excluding hydrogens is 386 g/mol. The number of nitrogens with one attached hydrogen (secondary N) is 2. The van der Waals surface area contributed by atoms with Crippen LogP contribution in [0, 0.1) is 0 Å². The summed E-state index contributed by atoms with van der Waals surface area (Å²) in [5.74, 6) is 0.116. The van der Waals surface area contributed by atoms with Crippen LogP contribution in [0.15, 0.2) is 65.5 Å². The second-order valence-corrected chi connectivity index (χ2v) is 8.80. The molecular formula is C22H23N3OS2. The van der Waals surface area contributed by atoms with E-state index in [9.17, 15) is 4.79 Å². The number of thiophene rings is 2. The largest absolute Gasteiger partial charge is 0.361 e. The Balaban J connectivity index is 1.53. The Morgan fingerprint density at radius 2 is 1.79 bits per heavy atom. The number of urea groups is 1. The number of rotatable bonds is 6. The fourth-order valence-corrected chi connectivity index (χ4v) is 5.12. The molecule has 2 atom stereocenters. The highest BCUT2D eigenvalue weighted by Gasteiger charge is 2.22. The van der Waals surface area contributed by atoms with Crippen molar-refractivity contribution in [1.82, 2.24) is 15.2 Å². The molecule has 4 aromatic rings.